The summed E-state index contributed by atoms with van der Waals surface area (Å²) in [7, 11) is 0. The van der Waals surface area contributed by atoms with E-state index in [0.29, 0.717) is 28.5 Å². The number of aliphatic hydroxyl groups is 1. The fourth-order valence-corrected chi connectivity index (χ4v) is 1.76. The van der Waals surface area contributed by atoms with Crippen LogP contribution in [0.3, 0.4) is 0 Å². The van der Waals surface area contributed by atoms with E-state index in [1.165, 1.54) is 0 Å². The second-order valence-corrected chi connectivity index (χ2v) is 4.17. The van der Waals surface area contributed by atoms with Crippen LogP contribution in [0.25, 0.3) is 0 Å². The van der Waals surface area contributed by atoms with Crippen LogP contribution in [0.2, 0.25) is 0 Å². The van der Waals surface area contributed by atoms with Crippen molar-refractivity contribution in [3.8, 4) is 11.8 Å². The lowest BCUT2D eigenvalue weighted by Gasteiger charge is -2.03. The fourth-order valence-electron chi connectivity index (χ4n) is 1.76. The molecule has 0 saturated carbocycles. The van der Waals surface area contributed by atoms with E-state index in [9.17, 15) is 4.79 Å². The molecule has 0 bridgehead atoms. The third-order valence-electron chi connectivity index (χ3n) is 2.60. The summed E-state index contributed by atoms with van der Waals surface area (Å²) in [6, 6.07) is 5.02. The van der Waals surface area contributed by atoms with Gasteiger partial charge in [0.2, 0.25) is 0 Å². The van der Waals surface area contributed by atoms with Gasteiger partial charge >= 0.3 is 0 Å². The van der Waals surface area contributed by atoms with Crippen molar-refractivity contribution in [1.29, 1.82) is 0 Å². The molecule has 2 aromatic rings. The summed E-state index contributed by atoms with van der Waals surface area (Å²) in [6.45, 7) is 3.31. The Morgan fingerprint density at radius 3 is 2.90 bits per heavy atom. The van der Waals surface area contributed by atoms with E-state index in [4.69, 9.17) is 9.52 Å². The molecule has 0 aliphatic carbocycles. The number of nitrogens with zero attached hydrogens (tertiary/aromatic N) is 1. The van der Waals surface area contributed by atoms with Gasteiger partial charge in [0.25, 0.3) is 5.91 Å². The van der Waals surface area contributed by atoms with Gasteiger partial charge in [-0.1, -0.05) is 11.8 Å². The maximum absolute atomic E-state index is 12.1. The zero-order chi connectivity index (χ0) is 14.5. The molecule has 20 heavy (non-hydrogen) atoms. The highest BCUT2D eigenvalue weighted by atomic mass is 16.3. The summed E-state index contributed by atoms with van der Waals surface area (Å²) in [5, 5.41) is 11.3. The molecular formula is C15H14N2O3. The molecule has 0 unspecified atom stereocenters. The summed E-state index contributed by atoms with van der Waals surface area (Å²) in [5.41, 5.74) is 1.15. The molecule has 0 spiro atoms. The van der Waals surface area contributed by atoms with Gasteiger partial charge < -0.3 is 14.8 Å². The minimum atomic E-state index is -0.279. The van der Waals surface area contributed by atoms with E-state index in [1.54, 1.807) is 38.2 Å². The molecule has 0 fully saturated rings. The molecule has 5 heteroatoms. The Morgan fingerprint density at radius 2 is 2.25 bits per heavy atom. The van der Waals surface area contributed by atoms with E-state index in [1.807, 2.05) is 0 Å². The zero-order valence-electron chi connectivity index (χ0n) is 11.2. The van der Waals surface area contributed by atoms with Gasteiger partial charge in [0.1, 0.15) is 23.9 Å². The molecule has 0 saturated heterocycles. The topological polar surface area (TPSA) is 75.4 Å². The smallest absolute Gasteiger partial charge is 0.260 e. The van der Waals surface area contributed by atoms with Crippen molar-refractivity contribution in [3.63, 3.8) is 0 Å². The SMILES string of the molecule is Cc1cc(C(=O)Nc2cc(C#CCO)ccn2)c(C)o1. The summed E-state index contributed by atoms with van der Waals surface area (Å²) >= 11 is 0. The number of aryl methyl sites for hydroxylation is 2. The van der Waals surface area contributed by atoms with Crippen molar-refractivity contribution in [2.45, 2.75) is 13.8 Å². The summed E-state index contributed by atoms with van der Waals surface area (Å²) in [4.78, 5) is 16.1. The molecule has 2 rings (SSSR count). The number of hydrogen-bond donors (Lipinski definition) is 2. The molecule has 0 radical (unpaired) electrons. The number of carbonyl (C=O) groups excluding carboxylic acids is 1. The lowest BCUT2D eigenvalue weighted by Crippen LogP contribution is -2.13. The monoisotopic (exact) mass is 270 g/mol. The van der Waals surface area contributed by atoms with Crippen molar-refractivity contribution >= 4 is 11.7 Å². The second-order valence-electron chi connectivity index (χ2n) is 4.17. The molecule has 2 aromatic heterocycles. The van der Waals surface area contributed by atoms with Crippen molar-refractivity contribution in [1.82, 2.24) is 4.98 Å². The molecule has 0 aliphatic heterocycles. The van der Waals surface area contributed by atoms with Crippen LogP contribution in [0.1, 0.15) is 27.4 Å². The van der Waals surface area contributed by atoms with Crippen LogP contribution in [0.5, 0.6) is 0 Å². The first-order chi connectivity index (χ1) is 9.60. The molecule has 102 valence electrons. The Balaban J connectivity index is 2.17. The largest absolute Gasteiger partial charge is 0.466 e. The lowest BCUT2D eigenvalue weighted by molar-refractivity contribution is 0.102. The number of anilines is 1. The van der Waals surface area contributed by atoms with Crippen molar-refractivity contribution in [2.75, 3.05) is 11.9 Å². The Bertz CT molecular complexity index is 693. The van der Waals surface area contributed by atoms with Crippen LogP contribution in [-0.2, 0) is 0 Å². The van der Waals surface area contributed by atoms with Gasteiger partial charge in [0.15, 0.2) is 0 Å². The van der Waals surface area contributed by atoms with Crippen molar-refractivity contribution in [3.05, 3.63) is 47.0 Å². The van der Waals surface area contributed by atoms with E-state index < -0.39 is 0 Å². The molecule has 0 atom stereocenters. The predicted octanol–water partition coefficient (Wildman–Crippen LogP) is 1.89. The first-order valence-corrected chi connectivity index (χ1v) is 6.04. The van der Waals surface area contributed by atoms with Crippen LogP contribution in [0.15, 0.2) is 28.8 Å². The Kier molecular flexibility index (Phi) is 4.18. The molecule has 2 N–H and O–H groups in total. The Labute approximate surface area is 116 Å². The van der Waals surface area contributed by atoms with E-state index in [2.05, 4.69) is 22.1 Å². The molecule has 2 heterocycles. The number of pyridine rings is 1. The number of hydrogen-bond acceptors (Lipinski definition) is 4. The fraction of sp³-hybridized carbons (Fsp3) is 0.200. The highest BCUT2D eigenvalue weighted by Crippen LogP contribution is 2.15. The average molecular weight is 270 g/mol. The van der Waals surface area contributed by atoms with Crippen molar-refractivity contribution < 1.29 is 14.3 Å². The molecule has 0 aromatic carbocycles. The van der Waals surface area contributed by atoms with Gasteiger partial charge in [0.05, 0.1) is 5.56 Å². The van der Waals surface area contributed by atoms with Gasteiger partial charge in [-0.15, -0.1) is 0 Å². The molecular weight excluding hydrogens is 256 g/mol. The standard InChI is InChI=1S/C15H14N2O3/c1-10-8-13(11(2)20-10)15(19)17-14-9-12(4-3-7-18)5-6-16-14/h5-6,8-9,18H,7H2,1-2H3,(H,16,17,19). The second kappa shape index (κ2) is 6.04. The zero-order valence-corrected chi connectivity index (χ0v) is 11.2. The number of amides is 1. The van der Waals surface area contributed by atoms with Gasteiger partial charge in [-0.05, 0) is 32.0 Å². The Hall–Kier alpha value is -2.58. The van der Waals surface area contributed by atoms with E-state index in [0.717, 1.165) is 0 Å². The van der Waals surface area contributed by atoms with Crippen LogP contribution >= 0.6 is 0 Å². The predicted molar refractivity (Wildman–Crippen MR) is 74.3 cm³/mol. The van der Waals surface area contributed by atoms with Gasteiger partial charge in [0, 0.05) is 11.8 Å². The number of nitrogens with one attached hydrogen (secondary N) is 1. The summed E-state index contributed by atoms with van der Waals surface area (Å²) in [6.07, 6.45) is 1.55. The molecule has 0 aliphatic rings. The first kappa shape index (κ1) is 13.8. The minimum absolute atomic E-state index is 0.211. The van der Waals surface area contributed by atoms with Gasteiger partial charge in [-0.25, -0.2) is 4.98 Å². The summed E-state index contributed by atoms with van der Waals surface area (Å²) in [5.74, 6) is 6.66. The third kappa shape index (κ3) is 3.25. The van der Waals surface area contributed by atoms with Crippen LogP contribution in [0, 0.1) is 25.7 Å². The number of furan rings is 1. The van der Waals surface area contributed by atoms with Crippen molar-refractivity contribution in [2.24, 2.45) is 0 Å². The van der Waals surface area contributed by atoms with Gasteiger partial charge in [-0.3, -0.25) is 4.79 Å². The van der Waals surface area contributed by atoms with Gasteiger partial charge in [-0.2, -0.15) is 0 Å². The lowest BCUT2D eigenvalue weighted by atomic mass is 10.2. The number of carbonyl (C=O) groups is 1. The Morgan fingerprint density at radius 1 is 1.45 bits per heavy atom. The van der Waals surface area contributed by atoms with Crippen LogP contribution in [0.4, 0.5) is 5.82 Å². The average Bonchev–Trinajstić information content (AvgIpc) is 2.76. The highest BCUT2D eigenvalue weighted by Gasteiger charge is 2.14. The maximum Gasteiger partial charge on any atom is 0.260 e. The van der Waals surface area contributed by atoms with Crippen LogP contribution < -0.4 is 5.32 Å². The highest BCUT2D eigenvalue weighted by molar-refractivity contribution is 6.04. The molecule has 1 amide bonds. The van der Waals surface area contributed by atoms with E-state index in [-0.39, 0.29) is 12.5 Å². The maximum atomic E-state index is 12.1. The quantitative estimate of drug-likeness (QED) is 0.817. The minimum Gasteiger partial charge on any atom is -0.466 e. The number of aromatic nitrogens is 1. The van der Waals surface area contributed by atoms with E-state index >= 15 is 0 Å². The third-order valence-corrected chi connectivity index (χ3v) is 2.60. The normalized spacial score (nSPS) is 9.75. The summed E-state index contributed by atoms with van der Waals surface area (Å²) < 4.78 is 5.32. The number of rotatable bonds is 2. The molecule has 5 nitrogen and oxygen atoms in total. The number of aliphatic hydroxyl groups excluding tert-OH is 1. The first-order valence-electron chi connectivity index (χ1n) is 6.04. The van der Waals surface area contributed by atoms with Crippen LogP contribution in [-0.4, -0.2) is 22.6 Å².